The molecule has 2 atom stereocenters. The number of hydrogen-bond acceptors (Lipinski definition) is 6. The molecule has 2 fully saturated rings. The predicted octanol–water partition coefficient (Wildman–Crippen LogP) is 3.27. The summed E-state index contributed by atoms with van der Waals surface area (Å²) in [7, 11) is 1.44. The zero-order valence-corrected chi connectivity index (χ0v) is 15.3. The van der Waals surface area contributed by atoms with Gasteiger partial charge in [-0.25, -0.2) is 4.98 Å². The highest BCUT2D eigenvalue weighted by Gasteiger charge is 2.50. The molecule has 0 amide bonds. The van der Waals surface area contributed by atoms with Crippen molar-refractivity contribution in [2.45, 2.75) is 39.5 Å². The molecule has 2 unspecified atom stereocenters. The van der Waals surface area contributed by atoms with Gasteiger partial charge in [-0.3, -0.25) is 14.4 Å². The molecule has 2 aliphatic carbocycles. The first-order valence-electron chi connectivity index (χ1n) is 8.99. The van der Waals surface area contributed by atoms with Crippen LogP contribution in [0.1, 0.15) is 48.4 Å². The Bertz CT molecular complexity index is 771. The van der Waals surface area contributed by atoms with E-state index in [0.29, 0.717) is 25.3 Å². The van der Waals surface area contributed by atoms with Gasteiger partial charge >= 0.3 is 6.18 Å². The number of Topliss-reactive ketones (excluding diaryl/α,β-unsaturated/α-hetero) is 3. The molecule has 6 nitrogen and oxygen atoms in total. The molecule has 160 valence electrons. The smallest absolute Gasteiger partial charge is 0.382 e. The summed E-state index contributed by atoms with van der Waals surface area (Å²) in [4.78, 5) is 41.6. The minimum atomic E-state index is -4.70. The highest BCUT2D eigenvalue weighted by Crippen LogP contribution is 2.41. The van der Waals surface area contributed by atoms with E-state index in [-0.39, 0.29) is 50.3 Å². The summed E-state index contributed by atoms with van der Waals surface area (Å²) in [6.45, 7) is -0.0605. The maximum atomic E-state index is 13.0. The van der Waals surface area contributed by atoms with Crippen LogP contribution in [0.2, 0.25) is 0 Å². The van der Waals surface area contributed by atoms with Crippen LogP contribution in [0.15, 0.2) is 12.1 Å². The quantitative estimate of drug-likeness (QED) is 0.386. The SMILES string of the molecule is C.COCCOCc1nc(C(F)(F)F)ccc1C(=O)C1C(=O)C2CCC(C2)C1=O. The van der Waals surface area contributed by atoms with E-state index in [0.717, 1.165) is 6.07 Å². The fraction of sp³-hybridized carbons (Fsp3) is 0.600. The van der Waals surface area contributed by atoms with Crippen molar-refractivity contribution in [1.82, 2.24) is 4.98 Å². The van der Waals surface area contributed by atoms with Gasteiger partial charge in [0.2, 0.25) is 0 Å². The van der Waals surface area contributed by atoms with Crippen molar-refractivity contribution in [1.29, 1.82) is 0 Å². The average molecular weight is 415 g/mol. The second-order valence-corrected chi connectivity index (χ2v) is 7.04. The molecule has 0 radical (unpaired) electrons. The predicted molar refractivity (Wildman–Crippen MR) is 96.2 cm³/mol. The van der Waals surface area contributed by atoms with Gasteiger partial charge in [-0.15, -0.1) is 0 Å². The fourth-order valence-corrected chi connectivity index (χ4v) is 3.83. The van der Waals surface area contributed by atoms with Crippen LogP contribution in [-0.2, 0) is 31.8 Å². The molecule has 2 bridgehead atoms. The van der Waals surface area contributed by atoms with E-state index in [2.05, 4.69) is 4.98 Å². The van der Waals surface area contributed by atoms with E-state index >= 15 is 0 Å². The first-order chi connectivity index (χ1) is 13.2. The molecule has 29 heavy (non-hydrogen) atoms. The number of carbonyl (C=O) groups is 3. The second kappa shape index (κ2) is 9.13. The van der Waals surface area contributed by atoms with Crippen molar-refractivity contribution in [3.63, 3.8) is 0 Å². The van der Waals surface area contributed by atoms with Crippen LogP contribution >= 0.6 is 0 Å². The Kier molecular flexibility index (Phi) is 7.29. The van der Waals surface area contributed by atoms with Crippen LogP contribution in [0, 0.1) is 17.8 Å². The first kappa shape index (κ1) is 23.2. The average Bonchev–Trinajstić information content (AvgIpc) is 3.10. The van der Waals surface area contributed by atoms with Gasteiger partial charge in [0.05, 0.1) is 25.5 Å². The van der Waals surface area contributed by atoms with Crippen molar-refractivity contribution in [2.24, 2.45) is 17.8 Å². The topological polar surface area (TPSA) is 82.6 Å². The number of alkyl halides is 3. The monoisotopic (exact) mass is 415 g/mol. The zero-order chi connectivity index (χ0) is 20.5. The van der Waals surface area contributed by atoms with Gasteiger partial charge in [-0.05, 0) is 31.4 Å². The molecular formula is C20H24F3NO5. The highest BCUT2D eigenvalue weighted by molar-refractivity contribution is 6.26. The lowest BCUT2D eigenvalue weighted by Crippen LogP contribution is -2.42. The molecule has 1 heterocycles. The van der Waals surface area contributed by atoms with Crippen LogP contribution in [0.3, 0.4) is 0 Å². The standard InChI is InChI=1S/C19H20F3NO5.CH4/c1-27-6-7-28-9-13-12(4-5-14(23-13)19(20,21)22)18(26)15-16(24)10-2-3-11(8-10)17(15)25;/h4-5,10-11,15H,2-3,6-9H2,1H3;1H4. The molecule has 1 aromatic heterocycles. The summed E-state index contributed by atoms with van der Waals surface area (Å²) in [6.07, 6.45) is -3.10. The van der Waals surface area contributed by atoms with E-state index in [1.807, 2.05) is 0 Å². The fourth-order valence-electron chi connectivity index (χ4n) is 3.83. The number of halogens is 3. The number of ketones is 3. The Labute approximate surface area is 166 Å². The molecule has 0 spiro atoms. The third kappa shape index (κ3) is 4.72. The molecule has 0 N–H and O–H groups in total. The van der Waals surface area contributed by atoms with Gasteiger partial charge in [-0.2, -0.15) is 13.2 Å². The lowest BCUT2D eigenvalue weighted by molar-refractivity contribution is -0.141. The van der Waals surface area contributed by atoms with Crippen LogP contribution < -0.4 is 0 Å². The summed E-state index contributed by atoms with van der Waals surface area (Å²) < 4.78 is 49.1. The number of aromatic nitrogens is 1. The molecule has 2 saturated carbocycles. The largest absolute Gasteiger partial charge is 0.433 e. The van der Waals surface area contributed by atoms with Crippen molar-refractivity contribution in [3.05, 3.63) is 29.1 Å². The third-order valence-corrected chi connectivity index (χ3v) is 5.27. The molecule has 9 heteroatoms. The minimum Gasteiger partial charge on any atom is -0.382 e. The molecule has 0 saturated heterocycles. The second-order valence-electron chi connectivity index (χ2n) is 7.04. The molecule has 1 aromatic rings. The Morgan fingerprint density at radius 2 is 1.76 bits per heavy atom. The number of rotatable bonds is 7. The van der Waals surface area contributed by atoms with Gasteiger partial charge in [0.1, 0.15) is 11.6 Å². The Balaban J connectivity index is 0.00000300. The van der Waals surface area contributed by atoms with Crippen LogP contribution in [0.4, 0.5) is 13.2 Å². The van der Waals surface area contributed by atoms with Gasteiger partial charge < -0.3 is 9.47 Å². The van der Waals surface area contributed by atoms with Crippen LogP contribution in [0.5, 0.6) is 0 Å². The molecule has 0 aromatic carbocycles. The third-order valence-electron chi connectivity index (χ3n) is 5.27. The summed E-state index contributed by atoms with van der Waals surface area (Å²) in [5, 5.41) is 0. The molecule has 2 aliphatic rings. The van der Waals surface area contributed by atoms with Gasteiger partial charge in [-0.1, -0.05) is 7.43 Å². The van der Waals surface area contributed by atoms with E-state index < -0.39 is 35.1 Å². The number of ether oxygens (including phenoxy) is 2. The summed E-state index contributed by atoms with van der Waals surface area (Å²) in [6, 6.07) is 1.66. The van der Waals surface area contributed by atoms with E-state index in [1.165, 1.54) is 7.11 Å². The lowest BCUT2D eigenvalue weighted by atomic mass is 9.75. The highest BCUT2D eigenvalue weighted by atomic mass is 19.4. The normalized spacial score (nSPS) is 23.8. The Hall–Kier alpha value is -2.13. The van der Waals surface area contributed by atoms with Crippen molar-refractivity contribution in [3.8, 4) is 0 Å². The number of hydrogen-bond donors (Lipinski definition) is 0. The molecular weight excluding hydrogens is 391 g/mol. The lowest BCUT2D eigenvalue weighted by Gasteiger charge is -2.25. The zero-order valence-electron chi connectivity index (χ0n) is 15.3. The number of nitrogens with zero attached hydrogens (tertiary/aromatic N) is 1. The molecule has 3 rings (SSSR count). The van der Waals surface area contributed by atoms with Gasteiger partial charge in [0, 0.05) is 24.5 Å². The van der Waals surface area contributed by atoms with Crippen molar-refractivity contribution < 1.29 is 37.0 Å². The Morgan fingerprint density at radius 3 is 2.31 bits per heavy atom. The van der Waals surface area contributed by atoms with Crippen molar-refractivity contribution >= 4 is 17.3 Å². The number of carbonyl (C=O) groups excluding carboxylic acids is 3. The summed E-state index contributed by atoms with van der Waals surface area (Å²) >= 11 is 0. The maximum Gasteiger partial charge on any atom is 0.433 e. The minimum absolute atomic E-state index is 0. The van der Waals surface area contributed by atoms with E-state index in [9.17, 15) is 27.6 Å². The number of pyridine rings is 1. The van der Waals surface area contributed by atoms with Gasteiger partial charge in [0.25, 0.3) is 0 Å². The maximum absolute atomic E-state index is 13.0. The molecule has 0 aliphatic heterocycles. The first-order valence-corrected chi connectivity index (χ1v) is 8.99. The summed E-state index contributed by atoms with van der Waals surface area (Å²) in [5.74, 6) is -3.79. The van der Waals surface area contributed by atoms with E-state index in [4.69, 9.17) is 9.47 Å². The number of methoxy groups -OCH3 is 1. The summed E-state index contributed by atoms with van der Waals surface area (Å²) in [5.41, 5.74) is -1.59. The Morgan fingerprint density at radius 1 is 1.14 bits per heavy atom. The van der Waals surface area contributed by atoms with E-state index in [1.54, 1.807) is 0 Å². The van der Waals surface area contributed by atoms with Crippen LogP contribution in [0.25, 0.3) is 0 Å². The van der Waals surface area contributed by atoms with Crippen molar-refractivity contribution in [2.75, 3.05) is 20.3 Å². The number of fused-ring (bicyclic) bond motifs is 2. The van der Waals surface area contributed by atoms with Gasteiger partial charge in [0.15, 0.2) is 17.3 Å². The van der Waals surface area contributed by atoms with Crippen LogP contribution in [-0.4, -0.2) is 42.7 Å².